The van der Waals surface area contributed by atoms with Gasteiger partial charge in [-0.15, -0.1) is 0 Å². The zero-order valence-corrected chi connectivity index (χ0v) is 18.1. The van der Waals surface area contributed by atoms with Gasteiger partial charge in [0.1, 0.15) is 11.9 Å². The summed E-state index contributed by atoms with van der Waals surface area (Å²) in [5, 5.41) is 5.07. The lowest BCUT2D eigenvalue weighted by Gasteiger charge is -2.32. The Morgan fingerprint density at radius 3 is 2.71 bits per heavy atom. The lowest BCUT2D eigenvalue weighted by Crippen LogP contribution is -2.54. The van der Waals surface area contributed by atoms with Crippen molar-refractivity contribution in [3.05, 3.63) is 42.8 Å². The second kappa shape index (κ2) is 10.2. The Morgan fingerprint density at radius 1 is 1.29 bits per heavy atom. The van der Waals surface area contributed by atoms with Crippen molar-refractivity contribution in [3.63, 3.8) is 0 Å². The van der Waals surface area contributed by atoms with Crippen LogP contribution in [0.25, 0.3) is 0 Å². The number of hydrogen-bond acceptors (Lipinski definition) is 6. The van der Waals surface area contributed by atoms with E-state index in [1.807, 2.05) is 12.1 Å². The second-order valence-electron chi connectivity index (χ2n) is 7.99. The highest BCUT2D eigenvalue weighted by molar-refractivity contribution is 6.00. The van der Waals surface area contributed by atoms with E-state index in [1.165, 1.54) is 12.2 Å². The molecule has 2 N–H and O–H groups in total. The van der Waals surface area contributed by atoms with Gasteiger partial charge in [-0.25, -0.2) is 9.78 Å². The maximum Gasteiger partial charge on any atom is 0.319 e. The van der Waals surface area contributed by atoms with Crippen LogP contribution in [0.1, 0.15) is 19.3 Å². The number of urea groups is 1. The fraction of sp³-hybridized carbons (Fsp3) is 0.455. The zero-order valence-electron chi connectivity index (χ0n) is 18.1. The normalized spacial score (nSPS) is 21.9. The van der Waals surface area contributed by atoms with Gasteiger partial charge < -0.3 is 25.3 Å². The predicted molar refractivity (Wildman–Crippen MR) is 120 cm³/mol. The van der Waals surface area contributed by atoms with Gasteiger partial charge in [0.15, 0.2) is 6.29 Å². The summed E-state index contributed by atoms with van der Waals surface area (Å²) in [4.78, 5) is 46.8. The number of amides is 3. The summed E-state index contributed by atoms with van der Waals surface area (Å²) in [6, 6.07) is 3.11. The minimum absolute atomic E-state index is 0.0748. The van der Waals surface area contributed by atoms with E-state index in [-0.39, 0.29) is 11.6 Å². The molecule has 2 fully saturated rings. The highest BCUT2D eigenvalue weighted by atomic mass is 16.2. The van der Waals surface area contributed by atoms with E-state index >= 15 is 0 Å². The van der Waals surface area contributed by atoms with E-state index in [9.17, 15) is 14.4 Å². The summed E-state index contributed by atoms with van der Waals surface area (Å²) >= 11 is 0. The maximum absolute atomic E-state index is 12.9. The first-order chi connectivity index (χ1) is 14.9. The molecule has 0 radical (unpaired) electrons. The Labute approximate surface area is 182 Å². The number of allylic oxidation sites excluding steroid dienone is 3. The molecule has 2 saturated heterocycles. The molecule has 1 aromatic heterocycles. The molecular formula is C22H30N6O3. The van der Waals surface area contributed by atoms with Crippen molar-refractivity contribution in [2.24, 2.45) is 0 Å². The van der Waals surface area contributed by atoms with Crippen LogP contribution in [0.3, 0.4) is 0 Å². The summed E-state index contributed by atoms with van der Waals surface area (Å²) in [5.41, 5.74) is 0.787. The highest BCUT2D eigenvalue weighted by Crippen LogP contribution is 2.25. The van der Waals surface area contributed by atoms with Crippen LogP contribution in [0, 0.1) is 0 Å². The van der Waals surface area contributed by atoms with Crippen LogP contribution in [0.5, 0.6) is 0 Å². The standard InChI is InChI=1S/C22H30N6O3/c1-4-6-16(15-29)24-22(31)25-19-7-5-11-28(21(19)30)17-8-9-20(23-13-17)27-12-10-18(14-27)26(2)3/h4,6,8-9,13,15,18-19H,1,5,7,10-12,14H2,2-3H3,(H2,24,25,31)/b16-6+/t18?,19-/m1/s1. The number of nitrogens with one attached hydrogen (secondary N) is 2. The van der Waals surface area contributed by atoms with E-state index in [0.29, 0.717) is 31.0 Å². The molecule has 3 rings (SSSR count). The van der Waals surface area contributed by atoms with Gasteiger partial charge in [-0.3, -0.25) is 9.59 Å². The van der Waals surface area contributed by atoms with Crippen molar-refractivity contribution in [3.8, 4) is 0 Å². The first-order valence-electron chi connectivity index (χ1n) is 10.5. The zero-order chi connectivity index (χ0) is 22.4. The van der Waals surface area contributed by atoms with Crippen molar-refractivity contribution >= 4 is 29.7 Å². The molecular weight excluding hydrogens is 396 g/mol. The number of piperidine rings is 1. The first kappa shape index (κ1) is 22.5. The van der Waals surface area contributed by atoms with Crippen molar-refractivity contribution in [2.45, 2.75) is 31.3 Å². The Bertz CT molecular complexity index is 851. The maximum atomic E-state index is 12.9. The van der Waals surface area contributed by atoms with E-state index in [1.54, 1.807) is 11.1 Å². The summed E-state index contributed by atoms with van der Waals surface area (Å²) in [7, 11) is 4.18. The molecule has 1 aromatic rings. The third kappa shape index (κ3) is 5.49. The third-order valence-corrected chi connectivity index (χ3v) is 5.69. The number of carbonyl (C=O) groups is 3. The number of anilines is 2. The Balaban J connectivity index is 1.62. The largest absolute Gasteiger partial charge is 0.355 e. The third-order valence-electron chi connectivity index (χ3n) is 5.69. The van der Waals surface area contributed by atoms with Crippen LogP contribution in [-0.2, 0) is 9.59 Å². The number of aromatic nitrogens is 1. The van der Waals surface area contributed by atoms with Crippen LogP contribution in [0.15, 0.2) is 42.8 Å². The summed E-state index contributed by atoms with van der Waals surface area (Å²) < 4.78 is 0. The molecule has 0 saturated carbocycles. The average Bonchev–Trinajstić information content (AvgIpc) is 3.26. The quantitative estimate of drug-likeness (QED) is 0.387. The van der Waals surface area contributed by atoms with Crippen molar-refractivity contribution in [1.82, 2.24) is 20.5 Å². The molecule has 0 spiro atoms. The minimum Gasteiger partial charge on any atom is -0.355 e. The molecule has 3 heterocycles. The Hall–Kier alpha value is -3.20. The van der Waals surface area contributed by atoms with E-state index in [2.05, 4.69) is 46.1 Å². The smallest absolute Gasteiger partial charge is 0.319 e. The lowest BCUT2D eigenvalue weighted by molar-refractivity contribution is -0.121. The van der Waals surface area contributed by atoms with Crippen molar-refractivity contribution < 1.29 is 14.4 Å². The predicted octanol–water partition coefficient (Wildman–Crippen LogP) is 1.29. The van der Waals surface area contributed by atoms with Gasteiger partial charge in [-0.1, -0.05) is 12.7 Å². The molecule has 166 valence electrons. The molecule has 3 amide bonds. The van der Waals surface area contributed by atoms with Gasteiger partial charge in [0.25, 0.3) is 0 Å². The number of hydrogen-bond donors (Lipinski definition) is 2. The molecule has 1 unspecified atom stereocenters. The molecule has 0 aliphatic carbocycles. The lowest BCUT2D eigenvalue weighted by atomic mass is 10.0. The van der Waals surface area contributed by atoms with Gasteiger partial charge >= 0.3 is 6.03 Å². The highest BCUT2D eigenvalue weighted by Gasteiger charge is 2.31. The number of likely N-dealkylation sites (N-methyl/N-ethyl adjacent to an activating group) is 1. The topological polar surface area (TPSA) is 97.9 Å². The van der Waals surface area contributed by atoms with Gasteiger partial charge in [0.2, 0.25) is 5.91 Å². The number of aldehydes is 1. The van der Waals surface area contributed by atoms with Gasteiger partial charge in [-0.05, 0) is 51.6 Å². The number of pyridine rings is 1. The van der Waals surface area contributed by atoms with E-state index in [0.717, 1.165) is 31.7 Å². The van der Waals surface area contributed by atoms with Crippen LogP contribution in [0.4, 0.5) is 16.3 Å². The number of nitrogens with zero attached hydrogens (tertiary/aromatic N) is 4. The first-order valence-corrected chi connectivity index (χ1v) is 10.5. The molecule has 9 heteroatoms. The Kier molecular flexibility index (Phi) is 7.41. The van der Waals surface area contributed by atoms with Crippen LogP contribution >= 0.6 is 0 Å². The van der Waals surface area contributed by atoms with Crippen LogP contribution < -0.4 is 20.4 Å². The molecule has 2 atom stereocenters. The molecule has 2 aliphatic rings. The van der Waals surface area contributed by atoms with Crippen molar-refractivity contribution in [1.29, 1.82) is 0 Å². The SMILES string of the molecule is C=C/C=C(\C=O)NC(=O)N[C@@H]1CCCN(c2ccc(N3CCC(N(C)C)C3)nc2)C1=O. The van der Waals surface area contributed by atoms with Gasteiger partial charge in [0, 0.05) is 25.7 Å². The van der Waals surface area contributed by atoms with Crippen LogP contribution in [0.2, 0.25) is 0 Å². The number of rotatable bonds is 7. The Morgan fingerprint density at radius 2 is 2.10 bits per heavy atom. The molecule has 9 nitrogen and oxygen atoms in total. The minimum atomic E-state index is -0.663. The average molecular weight is 427 g/mol. The van der Waals surface area contributed by atoms with E-state index < -0.39 is 12.1 Å². The van der Waals surface area contributed by atoms with E-state index in [4.69, 9.17) is 0 Å². The fourth-order valence-electron chi connectivity index (χ4n) is 3.92. The number of carbonyl (C=O) groups excluding carboxylic acids is 3. The van der Waals surface area contributed by atoms with Crippen molar-refractivity contribution in [2.75, 3.05) is 43.5 Å². The second-order valence-corrected chi connectivity index (χ2v) is 7.99. The molecule has 0 bridgehead atoms. The molecule has 2 aliphatic heterocycles. The summed E-state index contributed by atoms with van der Waals surface area (Å²) in [6.45, 7) is 5.96. The van der Waals surface area contributed by atoms with Gasteiger partial charge in [0.05, 0.1) is 17.6 Å². The molecule has 31 heavy (non-hydrogen) atoms. The summed E-state index contributed by atoms with van der Waals surface area (Å²) in [6.07, 6.45) is 7.41. The van der Waals surface area contributed by atoms with Gasteiger partial charge in [-0.2, -0.15) is 0 Å². The van der Waals surface area contributed by atoms with Crippen LogP contribution in [-0.4, -0.2) is 73.9 Å². The monoisotopic (exact) mass is 426 g/mol. The summed E-state index contributed by atoms with van der Waals surface area (Å²) in [5.74, 6) is 0.715. The molecule has 0 aromatic carbocycles. The fourth-order valence-corrected chi connectivity index (χ4v) is 3.92.